The average molecular weight is 424 g/mol. The van der Waals surface area contributed by atoms with Gasteiger partial charge < -0.3 is 4.74 Å². The Morgan fingerprint density at radius 1 is 1.15 bits per heavy atom. The van der Waals surface area contributed by atoms with Gasteiger partial charge in [-0.1, -0.05) is 6.08 Å². The van der Waals surface area contributed by atoms with Crippen LogP contribution < -0.4 is 0 Å². The van der Waals surface area contributed by atoms with E-state index in [1.807, 2.05) is 0 Å². The standard InChI is InChI=1S/C17H16F4O4S2/c18-11-13(20)16(27(22,23)24)14(21)12(19)15(11)26-4-3-25-17-6-8-1-2-10(17)9(5-8)7-17/h2,8-9H,1,3-7H2,(H,22,23,24)/t8?,9-,17?/m1/s1. The second-order valence-electron chi connectivity index (χ2n) is 7.18. The van der Waals surface area contributed by atoms with Crippen molar-refractivity contribution in [3.05, 3.63) is 34.9 Å². The molecule has 4 bridgehead atoms. The summed E-state index contributed by atoms with van der Waals surface area (Å²) in [5, 5.41) is 0. The number of fused-ring (bicyclic) bond motifs is 1. The molecule has 2 saturated carbocycles. The van der Waals surface area contributed by atoms with Crippen molar-refractivity contribution in [3.8, 4) is 0 Å². The zero-order valence-corrected chi connectivity index (χ0v) is 15.6. The molecule has 0 amide bonds. The van der Waals surface area contributed by atoms with E-state index in [9.17, 15) is 26.0 Å². The summed E-state index contributed by atoms with van der Waals surface area (Å²) in [5.41, 5.74) is 0.997. The Morgan fingerprint density at radius 2 is 1.81 bits per heavy atom. The molecule has 4 aliphatic rings. The number of thioether (sulfide) groups is 1. The molecule has 0 saturated heterocycles. The molecular weight excluding hydrogens is 408 g/mol. The molecule has 4 nitrogen and oxygen atoms in total. The number of rotatable bonds is 6. The van der Waals surface area contributed by atoms with Crippen molar-refractivity contribution in [2.24, 2.45) is 11.8 Å². The third-order valence-corrected chi connectivity index (χ3v) is 7.49. The molecule has 3 atom stereocenters. The van der Waals surface area contributed by atoms with Crippen LogP contribution in [0.5, 0.6) is 0 Å². The molecule has 10 heteroatoms. The van der Waals surface area contributed by atoms with Gasteiger partial charge in [0.25, 0.3) is 0 Å². The fourth-order valence-corrected chi connectivity index (χ4v) is 6.02. The molecule has 2 unspecified atom stereocenters. The van der Waals surface area contributed by atoms with E-state index in [0.29, 0.717) is 23.6 Å². The van der Waals surface area contributed by atoms with Crippen LogP contribution in [0.15, 0.2) is 21.4 Å². The lowest BCUT2D eigenvalue weighted by Crippen LogP contribution is -2.57. The van der Waals surface area contributed by atoms with Crippen LogP contribution >= 0.6 is 11.8 Å². The maximum atomic E-state index is 14.0. The molecule has 5 rings (SSSR count). The van der Waals surface area contributed by atoms with Crippen molar-refractivity contribution in [1.29, 1.82) is 0 Å². The largest absolute Gasteiger partial charge is 0.370 e. The maximum Gasteiger partial charge on any atom is 0.300 e. The number of allylic oxidation sites excluding steroid dienone is 1. The van der Waals surface area contributed by atoms with Gasteiger partial charge in [0.05, 0.1) is 17.1 Å². The molecule has 2 fully saturated rings. The van der Waals surface area contributed by atoms with Crippen molar-refractivity contribution in [1.82, 2.24) is 0 Å². The van der Waals surface area contributed by atoms with Gasteiger partial charge in [0.15, 0.2) is 28.2 Å². The van der Waals surface area contributed by atoms with Gasteiger partial charge in [0.2, 0.25) is 0 Å². The molecule has 0 radical (unpaired) electrons. The molecule has 1 aromatic rings. The maximum absolute atomic E-state index is 14.0. The lowest BCUT2D eigenvalue weighted by molar-refractivity contribution is -0.121. The summed E-state index contributed by atoms with van der Waals surface area (Å²) in [4.78, 5) is -3.00. The highest BCUT2D eigenvalue weighted by atomic mass is 32.2. The van der Waals surface area contributed by atoms with E-state index in [1.165, 1.54) is 12.0 Å². The molecule has 4 aliphatic carbocycles. The van der Waals surface area contributed by atoms with Gasteiger partial charge in [-0.05, 0) is 43.1 Å². The summed E-state index contributed by atoms with van der Waals surface area (Å²) in [6, 6.07) is 0. The van der Waals surface area contributed by atoms with E-state index < -0.39 is 43.2 Å². The smallest absolute Gasteiger partial charge is 0.300 e. The van der Waals surface area contributed by atoms with Gasteiger partial charge in [0, 0.05) is 5.75 Å². The quantitative estimate of drug-likeness (QED) is 0.186. The minimum Gasteiger partial charge on any atom is -0.370 e. The number of hydrogen-bond donors (Lipinski definition) is 1. The lowest BCUT2D eigenvalue weighted by atomic mass is 9.51. The first-order valence-electron chi connectivity index (χ1n) is 8.45. The van der Waals surface area contributed by atoms with Crippen molar-refractivity contribution in [2.75, 3.05) is 12.4 Å². The molecule has 0 aromatic heterocycles. The highest BCUT2D eigenvalue weighted by Crippen LogP contribution is 2.61. The zero-order valence-electron chi connectivity index (χ0n) is 14.0. The second-order valence-corrected chi connectivity index (χ2v) is 9.65. The Bertz CT molecular complexity index is 918. The van der Waals surface area contributed by atoms with Crippen LogP contribution in [0.4, 0.5) is 17.6 Å². The van der Waals surface area contributed by atoms with Gasteiger partial charge >= 0.3 is 10.1 Å². The van der Waals surface area contributed by atoms with Crippen LogP contribution in [0.25, 0.3) is 0 Å². The predicted octanol–water partition coefficient (Wildman–Crippen LogP) is 4.10. The Morgan fingerprint density at radius 3 is 2.33 bits per heavy atom. The van der Waals surface area contributed by atoms with E-state index in [1.54, 1.807) is 0 Å². The lowest BCUT2D eigenvalue weighted by Gasteiger charge is -2.60. The SMILES string of the molecule is O=S(=O)(O)c1c(F)c(F)c(SCCOC23CC4CC=C2[C@H](C4)C3)c(F)c1F. The van der Waals surface area contributed by atoms with Crippen LogP contribution in [0, 0.1) is 35.1 Å². The topological polar surface area (TPSA) is 63.6 Å². The van der Waals surface area contributed by atoms with Crippen LogP contribution in [-0.2, 0) is 14.9 Å². The summed E-state index contributed by atoms with van der Waals surface area (Å²) >= 11 is 0.495. The van der Waals surface area contributed by atoms with Gasteiger partial charge in [-0.15, -0.1) is 11.8 Å². The molecule has 1 aromatic carbocycles. The van der Waals surface area contributed by atoms with E-state index in [2.05, 4.69) is 6.08 Å². The Hall–Kier alpha value is -1.10. The summed E-state index contributed by atoms with van der Waals surface area (Å²) < 4.78 is 92.2. The Labute approximate surface area is 157 Å². The average Bonchev–Trinajstić information content (AvgIpc) is 2.58. The first-order valence-corrected chi connectivity index (χ1v) is 10.9. The Balaban J connectivity index is 1.45. The summed E-state index contributed by atoms with van der Waals surface area (Å²) in [7, 11) is -5.44. The number of hydrogen-bond acceptors (Lipinski definition) is 4. The van der Waals surface area contributed by atoms with Crippen LogP contribution in [-0.4, -0.2) is 30.9 Å². The fourth-order valence-electron chi connectivity index (χ4n) is 4.58. The Kier molecular flexibility index (Phi) is 4.60. The van der Waals surface area contributed by atoms with Crippen LogP contribution in [0.3, 0.4) is 0 Å². The zero-order chi connectivity index (χ0) is 19.6. The normalized spacial score (nSPS) is 28.9. The molecule has 148 valence electrons. The van der Waals surface area contributed by atoms with Crippen molar-refractivity contribution in [3.63, 3.8) is 0 Å². The first-order chi connectivity index (χ1) is 12.6. The summed E-state index contributed by atoms with van der Waals surface area (Å²) in [6.45, 7) is 0.129. The van der Waals surface area contributed by atoms with Gasteiger partial charge in [-0.2, -0.15) is 8.42 Å². The van der Waals surface area contributed by atoms with E-state index in [0.717, 1.165) is 19.3 Å². The van der Waals surface area contributed by atoms with Crippen molar-refractivity contribution >= 4 is 21.9 Å². The van der Waals surface area contributed by atoms with E-state index in [-0.39, 0.29) is 18.0 Å². The third-order valence-electron chi connectivity index (χ3n) is 5.60. The number of halogens is 4. The fraction of sp³-hybridized carbons (Fsp3) is 0.529. The van der Waals surface area contributed by atoms with Gasteiger partial charge in [0.1, 0.15) is 0 Å². The monoisotopic (exact) mass is 424 g/mol. The molecular formula is C17H16F4O4S2. The van der Waals surface area contributed by atoms with Gasteiger partial charge in [-0.3, -0.25) is 4.55 Å². The highest BCUT2D eigenvalue weighted by molar-refractivity contribution is 7.99. The molecule has 0 aliphatic heterocycles. The number of ether oxygens (including phenoxy) is 1. The predicted molar refractivity (Wildman–Crippen MR) is 89.0 cm³/mol. The first kappa shape index (κ1) is 19.2. The molecule has 0 heterocycles. The number of benzene rings is 1. The minimum atomic E-state index is -5.44. The molecule has 0 spiro atoms. The second kappa shape index (κ2) is 6.47. The van der Waals surface area contributed by atoms with Crippen LogP contribution in [0.2, 0.25) is 0 Å². The molecule has 1 N–H and O–H groups in total. The van der Waals surface area contributed by atoms with Gasteiger partial charge in [-0.25, -0.2) is 17.6 Å². The molecule has 27 heavy (non-hydrogen) atoms. The van der Waals surface area contributed by atoms with E-state index in [4.69, 9.17) is 9.29 Å². The summed E-state index contributed by atoms with van der Waals surface area (Å²) in [5.74, 6) is -6.80. The van der Waals surface area contributed by atoms with Crippen molar-refractivity contribution < 1.29 is 35.3 Å². The van der Waals surface area contributed by atoms with Crippen molar-refractivity contribution in [2.45, 2.75) is 41.1 Å². The van der Waals surface area contributed by atoms with E-state index >= 15 is 0 Å². The summed E-state index contributed by atoms with van der Waals surface area (Å²) in [6.07, 6.45) is 6.29. The third kappa shape index (κ3) is 3.01. The highest BCUT2D eigenvalue weighted by Gasteiger charge is 2.57. The minimum absolute atomic E-state index is 0.0301. The van der Waals surface area contributed by atoms with Crippen LogP contribution in [0.1, 0.15) is 25.7 Å².